The number of unbranched alkanes of at least 4 members (excludes halogenated alkanes) is 1. The van der Waals surface area contributed by atoms with E-state index in [9.17, 15) is 35.7 Å². The van der Waals surface area contributed by atoms with E-state index in [1.165, 1.54) is 0 Å². The number of hydrogen-bond donors (Lipinski definition) is 7. The smallest absolute Gasteiger partial charge is 0.187 e. The summed E-state index contributed by atoms with van der Waals surface area (Å²) < 4.78 is 21.5. The first-order valence-corrected chi connectivity index (χ1v) is 9.16. The molecule has 0 saturated carbocycles. The molecule has 11 nitrogen and oxygen atoms in total. The average Bonchev–Trinajstić information content (AvgIpc) is 2.70. The molecule has 0 aromatic heterocycles. The van der Waals surface area contributed by atoms with Crippen molar-refractivity contribution in [2.75, 3.05) is 19.8 Å². The summed E-state index contributed by atoms with van der Waals surface area (Å²) in [5.74, 6) is 0. The first kappa shape index (κ1) is 23.6. The third kappa shape index (κ3) is 5.26. The Morgan fingerprint density at radius 3 is 2.00 bits per heavy atom. The van der Waals surface area contributed by atoms with Crippen LogP contribution in [0.15, 0.2) is 12.7 Å². The molecule has 7 N–H and O–H groups in total. The number of rotatable bonds is 9. The maximum absolute atomic E-state index is 10.4. The molecular formula is C17H30O11. The maximum Gasteiger partial charge on any atom is 0.187 e. The van der Waals surface area contributed by atoms with E-state index in [0.717, 1.165) is 0 Å². The summed E-state index contributed by atoms with van der Waals surface area (Å²) in [6, 6.07) is 0. The minimum Gasteiger partial charge on any atom is -0.394 e. The number of allylic oxidation sites excluding steroid dienone is 1. The first-order valence-electron chi connectivity index (χ1n) is 9.16. The van der Waals surface area contributed by atoms with Crippen molar-refractivity contribution in [3.63, 3.8) is 0 Å². The predicted molar refractivity (Wildman–Crippen MR) is 91.8 cm³/mol. The standard InChI is InChI=1S/C17H30O11/c1-2-3-4-5-25-16-14(24)12(22)15(9(7-19)27-16)28-17-13(23)11(21)10(20)8(6-18)26-17/h2,8-24H,1,3-7H2/t8?,9?,10-,11-,12+,13?,14?,15-,16+,17-/m0/s1. The van der Waals surface area contributed by atoms with Crippen LogP contribution in [0.2, 0.25) is 0 Å². The van der Waals surface area contributed by atoms with E-state index in [1.807, 2.05) is 0 Å². The molecule has 10 atom stereocenters. The van der Waals surface area contributed by atoms with Gasteiger partial charge in [0.1, 0.15) is 48.8 Å². The second-order valence-electron chi connectivity index (χ2n) is 6.81. The lowest BCUT2D eigenvalue weighted by atomic mass is 9.97. The van der Waals surface area contributed by atoms with Crippen molar-refractivity contribution < 1.29 is 54.7 Å². The fourth-order valence-corrected chi connectivity index (χ4v) is 3.12. The van der Waals surface area contributed by atoms with Crippen molar-refractivity contribution in [3.05, 3.63) is 12.7 Å². The molecule has 0 bridgehead atoms. The van der Waals surface area contributed by atoms with Crippen LogP contribution in [-0.4, -0.2) is 117 Å². The van der Waals surface area contributed by atoms with Crippen LogP contribution >= 0.6 is 0 Å². The lowest BCUT2D eigenvalue weighted by Gasteiger charge is -2.45. The molecule has 2 heterocycles. The summed E-state index contributed by atoms with van der Waals surface area (Å²) in [5, 5.41) is 69.2. The third-order valence-electron chi connectivity index (χ3n) is 4.80. The van der Waals surface area contributed by atoms with Crippen LogP contribution in [0.5, 0.6) is 0 Å². The number of ether oxygens (including phenoxy) is 4. The Kier molecular flexibility index (Phi) is 9.18. The Labute approximate surface area is 162 Å². The van der Waals surface area contributed by atoms with E-state index in [2.05, 4.69) is 6.58 Å². The molecule has 2 aliphatic rings. The largest absolute Gasteiger partial charge is 0.394 e. The van der Waals surface area contributed by atoms with Crippen molar-refractivity contribution in [1.82, 2.24) is 0 Å². The molecule has 0 aromatic carbocycles. The van der Waals surface area contributed by atoms with Crippen LogP contribution in [0.3, 0.4) is 0 Å². The Hall–Kier alpha value is -0.700. The van der Waals surface area contributed by atoms with Gasteiger partial charge < -0.3 is 54.7 Å². The van der Waals surface area contributed by atoms with Gasteiger partial charge in [0.15, 0.2) is 12.6 Å². The second-order valence-corrected chi connectivity index (χ2v) is 6.81. The highest BCUT2D eigenvalue weighted by Crippen LogP contribution is 2.29. The molecule has 2 rings (SSSR count). The summed E-state index contributed by atoms with van der Waals surface area (Å²) in [4.78, 5) is 0. The molecule has 4 unspecified atom stereocenters. The van der Waals surface area contributed by atoms with Crippen molar-refractivity contribution in [3.8, 4) is 0 Å². The van der Waals surface area contributed by atoms with Crippen LogP contribution in [0.4, 0.5) is 0 Å². The molecule has 0 spiro atoms. The van der Waals surface area contributed by atoms with Gasteiger partial charge in [0.2, 0.25) is 0 Å². The Bertz CT molecular complexity index is 474. The van der Waals surface area contributed by atoms with Crippen molar-refractivity contribution >= 4 is 0 Å². The molecule has 28 heavy (non-hydrogen) atoms. The molecule has 2 fully saturated rings. The molecule has 0 aromatic rings. The van der Waals surface area contributed by atoms with E-state index >= 15 is 0 Å². The zero-order valence-electron chi connectivity index (χ0n) is 15.4. The molecule has 0 aliphatic carbocycles. The van der Waals surface area contributed by atoms with Gasteiger partial charge in [-0.25, -0.2) is 0 Å². The second kappa shape index (κ2) is 10.9. The third-order valence-corrected chi connectivity index (χ3v) is 4.80. The first-order chi connectivity index (χ1) is 13.3. The molecule has 11 heteroatoms. The predicted octanol–water partition coefficient (Wildman–Crippen LogP) is -3.41. The van der Waals surface area contributed by atoms with Crippen LogP contribution < -0.4 is 0 Å². The zero-order valence-corrected chi connectivity index (χ0v) is 15.4. The Morgan fingerprint density at radius 2 is 1.39 bits per heavy atom. The Balaban J connectivity index is 2.03. The molecule has 0 radical (unpaired) electrons. The molecular weight excluding hydrogens is 380 g/mol. The fraction of sp³-hybridized carbons (Fsp3) is 0.882. The van der Waals surface area contributed by atoms with Gasteiger partial charge in [-0.15, -0.1) is 6.58 Å². The number of aliphatic hydroxyl groups excluding tert-OH is 7. The highest BCUT2D eigenvalue weighted by molar-refractivity contribution is 4.94. The van der Waals surface area contributed by atoms with E-state index in [1.54, 1.807) is 6.08 Å². The van der Waals surface area contributed by atoms with Gasteiger partial charge >= 0.3 is 0 Å². The van der Waals surface area contributed by atoms with Crippen LogP contribution in [0, 0.1) is 0 Å². The van der Waals surface area contributed by atoms with Gasteiger partial charge in [0.25, 0.3) is 0 Å². The molecule has 2 aliphatic heterocycles. The van der Waals surface area contributed by atoms with Gasteiger partial charge in [-0.2, -0.15) is 0 Å². The van der Waals surface area contributed by atoms with E-state index in [4.69, 9.17) is 18.9 Å². The quantitative estimate of drug-likeness (QED) is 0.149. The van der Waals surface area contributed by atoms with Gasteiger partial charge in [-0.3, -0.25) is 0 Å². The number of hydrogen-bond acceptors (Lipinski definition) is 11. The lowest BCUT2D eigenvalue weighted by molar-refractivity contribution is -0.359. The summed E-state index contributed by atoms with van der Waals surface area (Å²) >= 11 is 0. The van der Waals surface area contributed by atoms with Crippen molar-refractivity contribution in [2.45, 2.75) is 74.3 Å². The maximum atomic E-state index is 10.4. The van der Waals surface area contributed by atoms with Gasteiger partial charge in [0.05, 0.1) is 19.8 Å². The summed E-state index contributed by atoms with van der Waals surface area (Å²) in [7, 11) is 0. The van der Waals surface area contributed by atoms with Gasteiger partial charge in [0, 0.05) is 0 Å². The average molecular weight is 410 g/mol. The van der Waals surface area contributed by atoms with E-state index in [-0.39, 0.29) is 6.61 Å². The number of aliphatic hydroxyl groups is 7. The van der Waals surface area contributed by atoms with Crippen LogP contribution in [0.1, 0.15) is 12.8 Å². The normalized spacial score (nSPS) is 44.4. The highest BCUT2D eigenvalue weighted by Gasteiger charge is 2.50. The van der Waals surface area contributed by atoms with Crippen LogP contribution in [-0.2, 0) is 18.9 Å². The lowest BCUT2D eigenvalue weighted by Crippen LogP contribution is -2.64. The molecule has 0 amide bonds. The van der Waals surface area contributed by atoms with E-state index in [0.29, 0.717) is 12.8 Å². The Morgan fingerprint density at radius 1 is 0.786 bits per heavy atom. The van der Waals surface area contributed by atoms with E-state index < -0.39 is 74.6 Å². The highest BCUT2D eigenvalue weighted by atomic mass is 16.7. The van der Waals surface area contributed by atoms with Crippen molar-refractivity contribution in [2.24, 2.45) is 0 Å². The minimum absolute atomic E-state index is 0.233. The fourth-order valence-electron chi connectivity index (χ4n) is 3.12. The summed E-state index contributed by atoms with van der Waals surface area (Å²) in [6.45, 7) is 2.57. The summed E-state index contributed by atoms with van der Waals surface area (Å²) in [5.41, 5.74) is 0. The van der Waals surface area contributed by atoms with Crippen LogP contribution in [0.25, 0.3) is 0 Å². The SMILES string of the molecule is C=CCCCO[C@@H]1OC(CO)[C@H](O[C@@H]2OC(CO)[C@H](O)[C@H](O)C2O)[C@H](O)C1O. The van der Waals surface area contributed by atoms with Crippen molar-refractivity contribution in [1.29, 1.82) is 0 Å². The molecule has 164 valence electrons. The van der Waals surface area contributed by atoms with Gasteiger partial charge in [-0.1, -0.05) is 6.08 Å². The molecule has 2 saturated heterocycles. The van der Waals surface area contributed by atoms with Gasteiger partial charge in [-0.05, 0) is 12.8 Å². The summed E-state index contributed by atoms with van der Waals surface area (Å²) in [6.07, 6.45) is -11.4. The monoisotopic (exact) mass is 410 g/mol. The minimum atomic E-state index is -1.70. The zero-order chi connectivity index (χ0) is 20.8. The topological polar surface area (TPSA) is 179 Å².